The highest BCUT2D eigenvalue weighted by molar-refractivity contribution is 8.72. The van der Waals surface area contributed by atoms with Crippen LogP contribution in [0.1, 0.15) is 36.1 Å². The summed E-state index contributed by atoms with van der Waals surface area (Å²) in [6.45, 7) is 4.03. The summed E-state index contributed by atoms with van der Waals surface area (Å²) in [6, 6.07) is 16.9. The molecule has 0 fully saturated rings. The zero-order valence-electron chi connectivity index (χ0n) is 12.3. The highest BCUT2D eigenvalue weighted by Crippen LogP contribution is 2.40. The molecule has 2 nitrogen and oxygen atoms in total. The molecule has 21 heavy (non-hydrogen) atoms. The Morgan fingerprint density at radius 1 is 1.00 bits per heavy atom. The molecule has 0 amide bonds. The Kier molecular flexibility index (Phi) is 5.48. The van der Waals surface area contributed by atoms with Crippen LogP contribution in [-0.4, -0.2) is 8.42 Å². The van der Waals surface area contributed by atoms with Gasteiger partial charge in [0, 0.05) is 5.25 Å². The summed E-state index contributed by atoms with van der Waals surface area (Å²) < 4.78 is 25.1. The molecule has 0 N–H and O–H groups in total. The van der Waals surface area contributed by atoms with E-state index in [9.17, 15) is 8.42 Å². The maximum absolute atomic E-state index is 12.6. The van der Waals surface area contributed by atoms with Gasteiger partial charge in [-0.3, -0.25) is 0 Å². The lowest BCUT2D eigenvalue weighted by atomic mass is 10.1. The molecule has 112 valence electrons. The van der Waals surface area contributed by atoms with Crippen LogP contribution in [0.5, 0.6) is 0 Å². The summed E-state index contributed by atoms with van der Waals surface area (Å²) in [5.41, 5.74) is 2.13. The van der Waals surface area contributed by atoms with Crippen LogP contribution >= 0.6 is 10.8 Å². The predicted octanol–water partition coefficient (Wildman–Crippen LogP) is 4.96. The van der Waals surface area contributed by atoms with E-state index in [0.29, 0.717) is 4.90 Å². The van der Waals surface area contributed by atoms with E-state index in [1.54, 1.807) is 12.1 Å². The minimum atomic E-state index is -3.33. The fourth-order valence-electron chi connectivity index (χ4n) is 2.11. The van der Waals surface area contributed by atoms with Crippen molar-refractivity contribution in [2.24, 2.45) is 0 Å². The number of hydrogen-bond acceptors (Lipinski definition) is 3. The summed E-state index contributed by atoms with van der Waals surface area (Å²) in [5, 5.41) is -0.0255. The third-order valence-corrected chi connectivity index (χ3v) is 7.15. The molecule has 0 saturated carbocycles. The van der Waals surface area contributed by atoms with Gasteiger partial charge in [-0.2, -0.15) is 0 Å². The highest BCUT2D eigenvalue weighted by Gasteiger charge is 2.22. The lowest BCUT2D eigenvalue weighted by molar-refractivity contribution is 0.610. The van der Waals surface area contributed by atoms with Crippen LogP contribution in [0.4, 0.5) is 0 Å². The second kappa shape index (κ2) is 7.14. The Morgan fingerprint density at radius 3 is 2.19 bits per heavy atom. The fourth-order valence-corrected chi connectivity index (χ4v) is 5.81. The topological polar surface area (TPSA) is 34.1 Å². The summed E-state index contributed by atoms with van der Waals surface area (Å²) in [4.78, 5) is 0.384. The van der Waals surface area contributed by atoms with Gasteiger partial charge in [-0.1, -0.05) is 61.4 Å². The molecule has 0 bridgehead atoms. The zero-order chi connectivity index (χ0) is 15.3. The van der Waals surface area contributed by atoms with Gasteiger partial charge in [0.2, 0.25) is 8.87 Å². The maximum atomic E-state index is 12.6. The van der Waals surface area contributed by atoms with E-state index in [4.69, 9.17) is 0 Å². The maximum Gasteiger partial charge on any atom is 0.230 e. The molecule has 0 saturated heterocycles. The quantitative estimate of drug-likeness (QED) is 0.706. The average Bonchev–Trinajstić information content (AvgIpc) is 2.48. The lowest BCUT2D eigenvalue weighted by Gasteiger charge is -2.16. The van der Waals surface area contributed by atoms with Gasteiger partial charge in [-0.15, -0.1) is 0 Å². The van der Waals surface area contributed by atoms with E-state index in [0.717, 1.165) is 34.8 Å². The molecular formula is C17H20O2S2. The van der Waals surface area contributed by atoms with Crippen molar-refractivity contribution >= 4 is 19.7 Å². The molecule has 0 heterocycles. The molecule has 0 aliphatic rings. The van der Waals surface area contributed by atoms with Gasteiger partial charge in [0.05, 0.1) is 4.90 Å². The van der Waals surface area contributed by atoms with Gasteiger partial charge < -0.3 is 0 Å². The zero-order valence-corrected chi connectivity index (χ0v) is 14.0. The standard InChI is InChI=1S/C17H20O2S2/c1-3-7-17(15-8-5-4-6-9-15)20-21(18,19)16-12-10-14(2)11-13-16/h4-6,8-13,17H,3,7H2,1-2H3. The largest absolute Gasteiger partial charge is 0.230 e. The number of hydrogen-bond donors (Lipinski definition) is 0. The Balaban J connectivity index is 2.25. The third kappa shape index (κ3) is 4.35. The summed E-state index contributed by atoms with van der Waals surface area (Å²) in [7, 11) is -2.27. The van der Waals surface area contributed by atoms with Crippen LogP contribution in [0.2, 0.25) is 0 Å². The minimum absolute atomic E-state index is 0.0255. The molecule has 1 atom stereocenters. The smallest absolute Gasteiger partial charge is 0.212 e. The van der Waals surface area contributed by atoms with Gasteiger partial charge in [0.15, 0.2) is 0 Å². The first kappa shape index (κ1) is 16.1. The van der Waals surface area contributed by atoms with Crippen LogP contribution in [0, 0.1) is 6.92 Å². The normalized spacial score (nSPS) is 13.0. The van der Waals surface area contributed by atoms with E-state index >= 15 is 0 Å². The molecule has 4 heteroatoms. The van der Waals surface area contributed by atoms with Crippen LogP contribution < -0.4 is 0 Å². The van der Waals surface area contributed by atoms with Crippen LogP contribution in [-0.2, 0) is 8.87 Å². The molecule has 0 radical (unpaired) electrons. The van der Waals surface area contributed by atoms with E-state index in [-0.39, 0.29) is 5.25 Å². The number of benzene rings is 2. The summed E-state index contributed by atoms with van der Waals surface area (Å²) >= 11 is 0. The number of rotatable bonds is 6. The Morgan fingerprint density at radius 2 is 1.62 bits per heavy atom. The van der Waals surface area contributed by atoms with Crippen molar-refractivity contribution in [1.29, 1.82) is 0 Å². The van der Waals surface area contributed by atoms with Gasteiger partial charge in [0.25, 0.3) is 0 Å². The third-order valence-electron chi connectivity index (χ3n) is 3.27. The predicted molar refractivity (Wildman–Crippen MR) is 90.0 cm³/mol. The van der Waals surface area contributed by atoms with Crippen molar-refractivity contribution in [2.75, 3.05) is 0 Å². The van der Waals surface area contributed by atoms with E-state index in [1.807, 2.05) is 49.4 Å². The van der Waals surface area contributed by atoms with Gasteiger partial charge in [-0.05, 0) is 41.8 Å². The van der Waals surface area contributed by atoms with Crippen molar-refractivity contribution < 1.29 is 8.42 Å². The van der Waals surface area contributed by atoms with Crippen LogP contribution in [0.3, 0.4) is 0 Å². The summed E-state index contributed by atoms with van der Waals surface area (Å²) in [6.07, 6.45) is 1.80. The molecule has 2 rings (SSSR count). The van der Waals surface area contributed by atoms with E-state index in [2.05, 4.69) is 6.92 Å². The van der Waals surface area contributed by atoms with Crippen molar-refractivity contribution in [3.05, 3.63) is 65.7 Å². The van der Waals surface area contributed by atoms with Gasteiger partial charge in [0.1, 0.15) is 0 Å². The first-order valence-electron chi connectivity index (χ1n) is 7.08. The first-order valence-corrected chi connectivity index (χ1v) is 9.96. The first-order chi connectivity index (χ1) is 10.0. The monoisotopic (exact) mass is 320 g/mol. The van der Waals surface area contributed by atoms with Crippen molar-refractivity contribution in [3.63, 3.8) is 0 Å². The Hall–Kier alpha value is -1.26. The molecule has 1 unspecified atom stereocenters. The van der Waals surface area contributed by atoms with Gasteiger partial charge in [-0.25, -0.2) is 8.42 Å². The number of aryl methyl sites for hydroxylation is 1. The van der Waals surface area contributed by atoms with Crippen LogP contribution in [0.15, 0.2) is 59.5 Å². The van der Waals surface area contributed by atoms with E-state index in [1.165, 1.54) is 0 Å². The Bertz CT molecular complexity index is 662. The molecular weight excluding hydrogens is 300 g/mol. The van der Waals surface area contributed by atoms with Crippen molar-refractivity contribution in [3.8, 4) is 0 Å². The second-order valence-electron chi connectivity index (χ2n) is 5.05. The van der Waals surface area contributed by atoms with E-state index < -0.39 is 8.87 Å². The lowest BCUT2D eigenvalue weighted by Crippen LogP contribution is -2.02. The SMILES string of the molecule is CCCC(SS(=O)(=O)c1ccc(C)cc1)c1ccccc1. The second-order valence-corrected chi connectivity index (χ2v) is 9.09. The molecule has 0 spiro atoms. The highest BCUT2D eigenvalue weighted by atomic mass is 33.1. The molecule has 0 aliphatic heterocycles. The van der Waals surface area contributed by atoms with Crippen LogP contribution in [0.25, 0.3) is 0 Å². The molecule has 0 aromatic heterocycles. The molecule has 0 aliphatic carbocycles. The minimum Gasteiger partial charge on any atom is -0.212 e. The average molecular weight is 320 g/mol. The van der Waals surface area contributed by atoms with Crippen molar-refractivity contribution in [1.82, 2.24) is 0 Å². The summed E-state index contributed by atoms with van der Waals surface area (Å²) in [5.74, 6) is 0. The van der Waals surface area contributed by atoms with Gasteiger partial charge >= 0.3 is 0 Å². The molecule has 2 aromatic carbocycles. The fraction of sp³-hybridized carbons (Fsp3) is 0.294. The Labute approximate surface area is 130 Å². The molecule has 2 aromatic rings. The van der Waals surface area contributed by atoms with Crippen molar-refractivity contribution in [2.45, 2.75) is 36.8 Å².